The molecule has 1 aliphatic rings. The van der Waals surface area contributed by atoms with Gasteiger partial charge in [0.15, 0.2) is 0 Å². The number of hydrogen-bond acceptors (Lipinski definition) is 3. The van der Waals surface area contributed by atoms with Crippen molar-refractivity contribution in [2.24, 2.45) is 0 Å². The minimum absolute atomic E-state index is 0.406. The fourth-order valence-corrected chi connectivity index (χ4v) is 5.24. The Balaban J connectivity index is 1.88. The Bertz CT molecular complexity index is 549. The first kappa shape index (κ1) is 15.9. The molecule has 1 aromatic rings. The maximum absolute atomic E-state index is 12.3. The smallest absolute Gasteiger partial charge is 0.210 e. The van der Waals surface area contributed by atoms with E-state index in [2.05, 4.69) is 4.72 Å². The van der Waals surface area contributed by atoms with E-state index in [1.54, 1.807) is 6.07 Å². The van der Waals surface area contributed by atoms with Crippen LogP contribution in [0.5, 0.6) is 0 Å². The molecule has 0 aromatic heterocycles. The highest BCUT2D eigenvalue weighted by atomic mass is 32.2. The number of thioether (sulfide) groups is 1. The number of hydrogen-bond donors (Lipinski definition) is 1. The molecule has 3 nitrogen and oxygen atoms in total. The maximum atomic E-state index is 12.3. The highest BCUT2D eigenvalue weighted by Crippen LogP contribution is 2.29. The molecule has 0 aliphatic heterocycles. The van der Waals surface area contributed by atoms with Crippen LogP contribution in [-0.4, -0.2) is 26.0 Å². The molecule has 0 saturated heterocycles. The van der Waals surface area contributed by atoms with Crippen molar-refractivity contribution in [2.45, 2.75) is 49.7 Å². The lowest BCUT2D eigenvalue weighted by Gasteiger charge is -2.11. The van der Waals surface area contributed by atoms with Crippen molar-refractivity contribution < 1.29 is 8.42 Å². The second-order valence-corrected chi connectivity index (χ2v) is 8.59. The lowest BCUT2D eigenvalue weighted by Crippen LogP contribution is -2.27. The van der Waals surface area contributed by atoms with Crippen molar-refractivity contribution in [1.29, 1.82) is 0 Å². The fraction of sp³-hybridized carbons (Fsp3) is 0.600. The molecule has 1 fully saturated rings. The molecule has 20 heavy (non-hydrogen) atoms. The van der Waals surface area contributed by atoms with Gasteiger partial charge in [-0.1, -0.05) is 25.0 Å². The van der Waals surface area contributed by atoms with E-state index in [1.807, 2.05) is 37.7 Å². The number of nitrogens with one attached hydrogen (secondary N) is 1. The summed E-state index contributed by atoms with van der Waals surface area (Å²) in [5, 5.41) is 0.736. The summed E-state index contributed by atoms with van der Waals surface area (Å²) in [6.45, 7) is 4.26. The van der Waals surface area contributed by atoms with Gasteiger partial charge in [-0.15, -0.1) is 0 Å². The third kappa shape index (κ3) is 4.24. The van der Waals surface area contributed by atoms with Gasteiger partial charge in [-0.05, 0) is 43.9 Å². The van der Waals surface area contributed by atoms with Crippen molar-refractivity contribution in [3.63, 3.8) is 0 Å². The molecule has 0 spiro atoms. The van der Waals surface area contributed by atoms with E-state index in [-0.39, 0.29) is 0 Å². The molecule has 0 unspecified atom stereocenters. The number of rotatable bonds is 6. The van der Waals surface area contributed by atoms with Crippen LogP contribution >= 0.6 is 11.8 Å². The molecule has 1 aromatic carbocycles. The van der Waals surface area contributed by atoms with E-state index < -0.39 is 10.0 Å². The molecule has 0 atom stereocenters. The molecule has 1 saturated carbocycles. The molecular weight excluding hydrogens is 290 g/mol. The monoisotopic (exact) mass is 313 g/mol. The van der Waals surface area contributed by atoms with Gasteiger partial charge < -0.3 is 0 Å². The van der Waals surface area contributed by atoms with Crippen molar-refractivity contribution in [3.8, 4) is 0 Å². The van der Waals surface area contributed by atoms with Crippen LogP contribution in [0.3, 0.4) is 0 Å². The zero-order chi connectivity index (χ0) is 14.6. The van der Waals surface area contributed by atoms with Gasteiger partial charge in [-0.3, -0.25) is 0 Å². The predicted octanol–water partition coefficient (Wildman–Crippen LogP) is 3.26. The molecule has 5 heteroatoms. The van der Waals surface area contributed by atoms with Gasteiger partial charge in [0.2, 0.25) is 10.0 Å². The van der Waals surface area contributed by atoms with E-state index in [4.69, 9.17) is 0 Å². The standard InChI is InChI=1S/C15H23NO2S2/c1-12-7-8-13(2)15(11-12)20(17,18)16-9-10-19-14-5-3-4-6-14/h7-8,11,14,16H,3-6,9-10H2,1-2H3. The molecule has 1 N–H and O–H groups in total. The average molecular weight is 313 g/mol. The Labute approximate surface area is 126 Å². The highest BCUT2D eigenvalue weighted by molar-refractivity contribution is 8.00. The summed E-state index contributed by atoms with van der Waals surface area (Å²) >= 11 is 1.90. The fourth-order valence-electron chi connectivity index (χ4n) is 2.53. The average Bonchev–Trinajstić information content (AvgIpc) is 2.90. The van der Waals surface area contributed by atoms with E-state index in [1.165, 1.54) is 25.7 Å². The van der Waals surface area contributed by atoms with E-state index >= 15 is 0 Å². The zero-order valence-electron chi connectivity index (χ0n) is 12.2. The van der Waals surface area contributed by atoms with Crippen molar-refractivity contribution >= 4 is 21.8 Å². The molecule has 2 rings (SSSR count). The minimum Gasteiger partial charge on any atom is -0.210 e. The van der Waals surface area contributed by atoms with E-state index in [9.17, 15) is 8.42 Å². The Hall–Kier alpha value is -0.520. The maximum Gasteiger partial charge on any atom is 0.240 e. The minimum atomic E-state index is -3.37. The molecule has 112 valence electrons. The van der Waals surface area contributed by atoms with Crippen LogP contribution in [0.25, 0.3) is 0 Å². The molecule has 0 bridgehead atoms. The predicted molar refractivity (Wildman–Crippen MR) is 85.8 cm³/mol. The Morgan fingerprint density at radius 1 is 1.25 bits per heavy atom. The number of benzene rings is 1. The topological polar surface area (TPSA) is 46.2 Å². The highest BCUT2D eigenvalue weighted by Gasteiger charge is 2.18. The normalized spacial score (nSPS) is 16.7. The van der Waals surface area contributed by atoms with Gasteiger partial charge in [-0.2, -0.15) is 11.8 Å². The number of sulfonamides is 1. The first-order chi connectivity index (χ1) is 9.49. The van der Waals surface area contributed by atoms with Crippen LogP contribution in [-0.2, 0) is 10.0 Å². The van der Waals surface area contributed by atoms with Crippen LogP contribution in [0.2, 0.25) is 0 Å². The second-order valence-electron chi connectivity index (χ2n) is 5.44. The van der Waals surface area contributed by atoms with Gasteiger partial charge in [0.25, 0.3) is 0 Å². The first-order valence-electron chi connectivity index (χ1n) is 7.17. The van der Waals surface area contributed by atoms with Crippen LogP contribution in [0.15, 0.2) is 23.1 Å². The van der Waals surface area contributed by atoms with Crippen LogP contribution in [0.4, 0.5) is 0 Å². The summed E-state index contributed by atoms with van der Waals surface area (Å²) in [7, 11) is -3.37. The van der Waals surface area contributed by atoms with Gasteiger partial charge in [0, 0.05) is 17.5 Å². The van der Waals surface area contributed by atoms with Crippen LogP contribution < -0.4 is 4.72 Å². The lowest BCUT2D eigenvalue weighted by molar-refractivity contribution is 0.583. The summed E-state index contributed by atoms with van der Waals surface area (Å²) in [5.41, 5.74) is 1.77. The Morgan fingerprint density at radius 2 is 1.95 bits per heavy atom. The Morgan fingerprint density at radius 3 is 2.65 bits per heavy atom. The van der Waals surface area contributed by atoms with Gasteiger partial charge in [0.05, 0.1) is 4.90 Å². The quantitative estimate of drug-likeness (QED) is 0.820. The summed E-state index contributed by atoms with van der Waals surface area (Å²) < 4.78 is 27.3. The molecule has 1 aliphatic carbocycles. The third-order valence-corrected chi connectivity index (χ3v) is 6.67. The van der Waals surface area contributed by atoms with E-state index in [0.29, 0.717) is 11.4 Å². The zero-order valence-corrected chi connectivity index (χ0v) is 13.8. The molecule has 0 heterocycles. The largest absolute Gasteiger partial charge is 0.240 e. The molecule has 0 amide bonds. The van der Waals surface area contributed by atoms with Crippen molar-refractivity contribution in [1.82, 2.24) is 4.72 Å². The third-order valence-electron chi connectivity index (χ3n) is 3.68. The summed E-state index contributed by atoms with van der Waals surface area (Å²) in [6.07, 6.45) is 5.22. The van der Waals surface area contributed by atoms with Gasteiger partial charge >= 0.3 is 0 Å². The van der Waals surface area contributed by atoms with Gasteiger partial charge in [-0.25, -0.2) is 13.1 Å². The number of aryl methyl sites for hydroxylation is 2. The van der Waals surface area contributed by atoms with Crippen LogP contribution in [0, 0.1) is 13.8 Å². The van der Waals surface area contributed by atoms with E-state index in [0.717, 1.165) is 22.1 Å². The summed E-state index contributed by atoms with van der Waals surface area (Å²) in [4.78, 5) is 0.406. The van der Waals surface area contributed by atoms with Crippen LogP contribution in [0.1, 0.15) is 36.8 Å². The Kier molecular flexibility index (Phi) is 5.52. The second kappa shape index (κ2) is 6.96. The summed E-state index contributed by atoms with van der Waals surface area (Å²) in [6, 6.07) is 5.53. The lowest BCUT2D eigenvalue weighted by atomic mass is 10.2. The van der Waals surface area contributed by atoms with Crippen molar-refractivity contribution in [3.05, 3.63) is 29.3 Å². The molecule has 0 radical (unpaired) electrons. The summed E-state index contributed by atoms with van der Waals surface area (Å²) in [5.74, 6) is 0.856. The SMILES string of the molecule is Cc1ccc(C)c(S(=O)(=O)NCCSC2CCCC2)c1. The van der Waals surface area contributed by atoms with Crippen molar-refractivity contribution in [2.75, 3.05) is 12.3 Å². The molecular formula is C15H23NO2S2. The van der Waals surface area contributed by atoms with Gasteiger partial charge in [0.1, 0.15) is 0 Å². The first-order valence-corrected chi connectivity index (χ1v) is 9.71.